The minimum absolute atomic E-state index is 0.0791. The molecule has 1 saturated heterocycles. The minimum Gasteiger partial charge on any atom is -0.495 e. The van der Waals surface area contributed by atoms with Crippen LogP contribution >= 0.6 is 0 Å². The Bertz CT molecular complexity index is 1080. The molecule has 0 saturated carbocycles. The van der Waals surface area contributed by atoms with Crippen molar-refractivity contribution in [1.29, 1.82) is 0 Å². The zero-order valence-electron chi connectivity index (χ0n) is 17.4. The minimum atomic E-state index is -0.568. The highest BCUT2D eigenvalue weighted by molar-refractivity contribution is 6.00. The van der Waals surface area contributed by atoms with E-state index >= 15 is 0 Å². The van der Waals surface area contributed by atoms with Crippen molar-refractivity contribution >= 4 is 17.6 Å². The van der Waals surface area contributed by atoms with E-state index < -0.39 is 11.9 Å². The van der Waals surface area contributed by atoms with E-state index in [1.807, 2.05) is 36.4 Å². The molecule has 0 spiro atoms. The number of carbonyl (C=O) groups excluding carboxylic acids is 2. The second-order valence-electron chi connectivity index (χ2n) is 7.25. The lowest BCUT2D eigenvalue weighted by molar-refractivity contribution is -0.150. The van der Waals surface area contributed by atoms with E-state index in [1.54, 1.807) is 24.1 Å². The van der Waals surface area contributed by atoms with Gasteiger partial charge in [0, 0.05) is 18.5 Å². The molecule has 0 bridgehead atoms. The summed E-state index contributed by atoms with van der Waals surface area (Å²) in [4.78, 5) is 30.8. The second-order valence-corrected chi connectivity index (χ2v) is 7.25. The molecule has 0 N–H and O–H groups in total. The molecule has 1 fully saturated rings. The number of aryl methyl sites for hydroxylation is 1. The summed E-state index contributed by atoms with van der Waals surface area (Å²) in [5.74, 6) is 0.0254. The number of anilines is 1. The van der Waals surface area contributed by atoms with Gasteiger partial charge in [0.1, 0.15) is 5.75 Å². The number of ether oxygens (including phenoxy) is 2. The predicted molar refractivity (Wildman–Crippen MR) is 112 cm³/mol. The number of benzene rings is 2. The first-order chi connectivity index (χ1) is 15.1. The average molecular weight is 421 g/mol. The van der Waals surface area contributed by atoms with Gasteiger partial charge in [-0.1, -0.05) is 48.5 Å². The molecule has 160 valence electrons. The average Bonchev–Trinajstić information content (AvgIpc) is 3.44. The van der Waals surface area contributed by atoms with Gasteiger partial charge in [0.15, 0.2) is 6.61 Å². The fraction of sp³-hybridized carbons (Fsp3) is 0.304. The number of para-hydroxylation sites is 2. The third kappa shape index (κ3) is 4.42. The van der Waals surface area contributed by atoms with Crippen molar-refractivity contribution in [2.24, 2.45) is 5.92 Å². The normalized spacial score (nSPS) is 15.9. The van der Waals surface area contributed by atoms with Crippen LogP contribution in [0.3, 0.4) is 0 Å². The van der Waals surface area contributed by atoms with Crippen molar-refractivity contribution in [2.75, 3.05) is 18.6 Å². The zero-order chi connectivity index (χ0) is 21.8. The van der Waals surface area contributed by atoms with Crippen LogP contribution in [0.4, 0.5) is 5.69 Å². The van der Waals surface area contributed by atoms with E-state index in [1.165, 1.54) is 5.56 Å². The Balaban J connectivity index is 1.36. The smallest absolute Gasteiger partial charge is 0.311 e. The van der Waals surface area contributed by atoms with E-state index in [-0.39, 0.29) is 31.4 Å². The van der Waals surface area contributed by atoms with Gasteiger partial charge in [0.05, 0.1) is 18.7 Å². The number of rotatable bonds is 7. The maximum Gasteiger partial charge on any atom is 0.311 e. The maximum absolute atomic E-state index is 12.5. The van der Waals surface area contributed by atoms with Crippen LogP contribution in [0.25, 0.3) is 11.4 Å². The summed E-state index contributed by atoms with van der Waals surface area (Å²) in [6.45, 7) is 2.18. The molecule has 8 heteroatoms. The molecule has 0 aliphatic carbocycles. The first-order valence-corrected chi connectivity index (χ1v) is 10.1. The highest BCUT2D eigenvalue weighted by Gasteiger charge is 2.37. The number of esters is 1. The summed E-state index contributed by atoms with van der Waals surface area (Å²) >= 11 is 0. The van der Waals surface area contributed by atoms with E-state index in [9.17, 15) is 9.59 Å². The first kappa shape index (κ1) is 20.6. The molecule has 4 rings (SSSR count). The number of hydrogen-bond donors (Lipinski definition) is 0. The van der Waals surface area contributed by atoms with Crippen LogP contribution in [-0.2, 0) is 27.4 Å². The Kier molecular flexibility index (Phi) is 5.97. The van der Waals surface area contributed by atoms with Crippen LogP contribution in [0.2, 0.25) is 0 Å². The monoisotopic (exact) mass is 421 g/mol. The van der Waals surface area contributed by atoms with Crippen LogP contribution < -0.4 is 9.64 Å². The van der Waals surface area contributed by atoms with Gasteiger partial charge < -0.3 is 18.9 Å². The van der Waals surface area contributed by atoms with Gasteiger partial charge in [-0.05, 0) is 24.1 Å². The number of aromatic nitrogens is 2. The van der Waals surface area contributed by atoms with Crippen molar-refractivity contribution in [3.05, 3.63) is 60.0 Å². The van der Waals surface area contributed by atoms with Gasteiger partial charge in [0.25, 0.3) is 5.89 Å². The van der Waals surface area contributed by atoms with E-state index in [4.69, 9.17) is 14.0 Å². The summed E-state index contributed by atoms with van der Waals surface area (Å²) in [5, 5.41) is 3.95. The molecule has 1 aliphatic heterocycles. The van der Waals surface area contributed by atoms with Gasteiger partial charge in [-0.15, -0.1) is 0 Å². The fourth-order valence-electron chi connectivity index (χ4n) is 3.52. The maximum atomic E-state index is 12.5. The Morgan fingerprint density at radius 3 is 2.71 bits per heavy atom. The second kappa shape index (κ2) is 8.99. The van der Waals surface area contributed by atoms with Gasteiger partial charge in [-0.3, -0.25) is 9.59 Å². The lowest BCUT2D eigenvalue weighted by Gasteiger charge is -2.19. The lowest BCUT2D eigenvalue weighted by Crippen LogP contribution is -2.26. The fourth-order valence-corrected chi connectivity index (χ4v) is 3.52. The summed E-state index contributed by atoms with van der Waals surface area (Å²) in [7, 11) is 1.54. The Morgan fingerprint density at radius 2 is 1.97 bits per heavy atom. The van der Waals surface area contributed by atoms with Crippen molar-refractivity contribution in [3.8, 4) is 17.1 Å². The van der Waals surface area contributed by atoms with Gasteiger partial charge >= 0.3 is 5.97 Å². The predicted octanol–water partition coefficient (Wildman–Crippen LogP) is 3.40. The molecule has 2 aromatic carbocycles. The third-order valence-electron chi connectivity index (χ3n) is 5.26. The first-order valence-electron chi connectivity index (χ1n) is 10.1. The van der Waals surface area contributed by atoms with Crippen molar-refractivity contribution < 1.29 is 23.6 Å². The summed E-state index contributed by atoms with van der Waals surface area (Å²) in [5.41, 5.74) is 2.68. The van der Waals surface area contributed by atoms with Crippen LogP contribution in [0, 0.1) is 5.92 Å². The van der Waals surface area contributed by atoms with Gasteiger partial charge in [0.2, 0.25) is 11.7 Å². The molecule has 0 radical (unpaired) electrons. The number of carbonyl (C=O) groups is 2. The van der Waals surface area contributed by atoms with E-state index in [0.29, 0.717) is 17.3 Å². The van der Waals surface area contributed by atoms with Crippen LogP contribution in [0.15, 0.2) is 53.1 Å². The van der Waals surface area contributed by atoms with Crippen molar-refractivity contribution in [1.82, 2.24) is 10.1 Å². The SMILES string of the molecule is CCc1ccc(-c2noc(COC(=O)[C@@H]3CC(=O)N(c4ccccc4OC)C3)n2)cc1. The highest BCUT2D eigenvalue weighted by Crippen LogP contribution is 2.33. The Hall–Kier alpha value is -3.68. The zero-order valence-corrected chi connectivity index (χ0v) is 17.4. The molecule has 1 amide bonds. The molecule has 31 heavy (non-hydrogen) atoms. The van der Waals surface area contributed by atoms with Crippen LogP contribution in [-0.4, -0.2) is 35.7 Å². The lowest BCUT2D eigenvalue weighted by atomic mass is 10.1. The molecule has 0 unspecified atom stereocenters. The Labute approximate surface area is 179 Å². The molecule has 1 aliphatic rings. The standard InChI is InChI=1S/C23H23N3O5/c1-3-15-8-10-16(11-9-15)22-24-20(31-25-22)14-30-23(28)17-12-21(27)26(13-17)18-6-4-5-7-19(18)29-2/h4-11,17H,3,12-14H2,1-2H3/t17-/m1/s1. The molecular weight excluding hydrogens is 398 g/mol. The molecule has 3 aromatic rings. The summed E-state index contributed by atoms with van der Waals surface area (Å²) in [6.07, 6.45) is 1.03. The number of nitrogens with zero attached hydrogens (tertiary/aromatic N) is 3. The molecule has 8 nitrogen and oxygen atoms in total. The van der Waals surface area contributed by atoms with Crippen molar-refractivity contribution in [2.45, 2.75) is 26.4 Å². The summed E-state index contributed by atoms with van der Waals surface area (Å²) in [6, 6.07) is 15.1. The number of methoxy groups -OCH3 is 1. The molecular formula is C23H23N3O5. The van der Waals surface area contributed by atoms with Gasteiger partial charge in [-0.25, -0.2) is 0 Å². The number of hydrogen-bond acceptors (Lipinski definition) is 7. The third-order valence-corrected chi connectivity index (χ3v) is 5.26. The quantitative estimate of drug-likeness (QED) is 0.540. The molecule has 1 atom stereocenters. The summed E-state index contributed by atoms with van der Waals surface area (Å²) < 4.78 is 15.9. The van der Waals surface area contributed by atoms with E-state index in [0.717, 1.165) is 12.0 Å². The van der Waals surface area contributed by atoms with Gasteiger partial charge in [-0.2, -0.15) is 4.98 Å². The topological polar surface area (TPSA) is 94.8 Å². The van der Waals surface area contributed by atoms with Crippen LogP contribution in [0.5, 0.6) is 5.75 Å². The van der Waals surface area contributed by atoms with E-state index in [2.05, 4.69) is 17.1 Å². The van der Waals surface area contributed by atoms with Crippen molar-refractivity contribution in [3.63, 3.8) is 0 Å². The largest absolute Gasteiger partial charge is 0.495 e. The Morgan fingerprint density at radius 1 is 1.19 bits per heavy atom. The molecule has 2 heterocycles. The molecule has 1 aromatic heterocycles. The number of amides is 1. The van der Waals surface area contributed by atoms with Crippen LogP contribution in [0.1, 0.15) is 24.8 Å². The highest BCUT2D eigenvalue weighted by atomic mass is 16.6.